The molecule has 0 aromatic carbocycles. The average Bonchev–Trinajstić information content (AvgIpc) is 2.06. The zero-order valence-electron chi connectivity index (χ0n) is 7.56. The van der Waals surface area contributed by atoms with Gasteiger partial charge in [-0.25, -0.2) is 0 Å². The highest BCUT2D eigenvalue weighted by Gasteiger charge is 2.35. The minimum atomic E-state index is 0.0260. The highest BCUT2D eigenvalue weighted by atomic mass is 16.3. The molecule has 2 atom stereocenters. The molecule has 1 rings (SSSR count). The van der Waals surface area contributed by atoms with Crippen LogP contribution in [0.25, 0.3) is 0 Å². The van der Waals surface area contributed by atoms with Crippen molar-refractivity contribution in [3.05, 3.63) is 0 Å². The maximum Gasteiger partial charge on any atom is 0.0615 e. The molecule has 2 nitrogen and oxygen atoms in total. The molecule has 2 N–H and O–H groups in total. The van der Waals surface area contributed by atoms with Gasteiger partial charge >= 0.3 is 0 Å². The van der Waals surface area contributed by atoms with Crippen molar-refractivity contribution in [2.75, 3.05) is 13.7 Å². The second kappa shape index (κ2) is 3.55. The summed E-state index contributed by atoms with van der Waals surface area (Å²) in [5.41, 5.74) is 0.0260. The van der Waals surface area contributed by atoms with E-state index >= 15 is 0 Å². The van der Waals surface area contributed by atoms with Gasteiger partial charge in [0.05, 0.1) is 6.61 Å². The van der Waals surface area contributed by atoms with Crippen molar-refractivity contribution in [1.29, 1.82) is 0 Å². The van der Waals surface area contributed by atoms with Gasteiger partial charge in [0.1, 0.15) is 0 Å². The molecule has 1 aliphatic carbocycles. The first-order valence-corrected chi connectivity index (χ1v) is 4.55. The summed E-state index contributed by atoms with van der Waals surface area (Å²) in [7, 11) is 1.96. The van der Waals surface area contributed by atoms with Gasteiger partial charge in [0, 0.05) is 5.54 Å². The van der Waals surface area contributed by atoms with E-state index in [4.69, 9.17) is 0 Å². The van der Waals surface area contributed by atoms with Crippen molar-refractivity contribution in [2.45, 2.75) is 38.1 Å². The topological polar surface area (TPSA) is 32.3 Å². The third-order valence-corrected chi connectivity index (χ3v) is 3.23. The van der Waals surface area contributed by atoms with Gasteiger partial charge in [0.25, 0.3) is 0 Å². The predicted molar refractivity (Wildman–Crippen MR) is 46.5 cm³/mol. The third kappa shape index (κ3) is 1.57. The summed E-state index contributed by atoms with van der Waals surface area (Å²) in [6.07, 6.45) is 4.96. The molecule has 0 spiro atoms. The zero-order chi connectivity index (χ0) is 8.32. The second-order valence-electron chi connectivity index (χ2n) is 3.71. The summed E-state index contributed by atoms with van der Waals surface area (Å²) in [6.45, 7) is 2.51. The number of hydrogen-bond donors (Lipinski definition) is 2. The molecule has 66 valence electrons. The Morgan fingerprint density at radius 3 is 2.64 bits per heavy atom. The molecular weight excluding hydrogens is 138 g/mol. The molecule has 0 aromatic rings. The molecule has 1 fully saturated rings. The third-order valence-electron chi connectivity index (χ3n) is 3.23. The van der Waals surface area contributed by atoms with Crippen LogP contribution in [-0.2, 0) is 0 Å². The van der Waals surface area contributed by atoms with Gasteiger partial charge in [-0.05, 0) is 25.8 Å². The Bertz CT molecular complexity index is 121. The smallest absolute Gasteiger partial charge is 0.0615 e. The van der Waals surface area contributed by atoms with Crippen LogP contribution < -0.4 is 5.32 Å². The largest absolute Gasteiger partial charge is 0.394 e. The number of hydrogen-bond acceptors (Lipinski definition) is 2. The lowest BCUT2D eigenvalue weighted by molar-refractivity contribution is 0.0818. The Balaban J connectivity index is 2.61. The predicted octanol–water partition coefficient (Wildman–Crippen LogP) is 1.15. The Morgan fingerprint density at radius 2 is 2.27 bits per heavy atom. The SMILES string of the molecule is CNC1(CO)CCCCC1C. The Hall–Kier alpha value is -0.0800. The summed E-state index contributed by atoms with van der Waals surface area (Å²) in [5.74, 6) is 0.617. The molecule has 0 radical (unpaired) electrons. The molecule has 2 unspecified atom stereocenters. The fraction of sp³-hybridized carbons (Fsp3) is 1.00. The van der Waals surface area contributed by atoms with Crippen molar-refractivity contribution in [2.24, 2.45) is 5.92 Å². The van der Waals surface area contributed by atoms with Crippen LogP contribution in [0.15, 0.2) is 0 Å². The van der Waals surface area contributed by atoms with Crippen LogP contribution in [0.1, 0.15) is 32.6 Å². The van der Waals surface area contributed by atoms with Gasteiger partial charge in [-0.15, -0.1) is 0 Å². The van der Waals surface area contributed by atoms with Gasteiger partial charge in [-0.1, -0.05) is 19.8 Å². The molecule has 1 saturated carbocycles. The maximum absolute atomic E-state index is 9.25. The minimum Gasteiger partial charge on any atom is -0.394 e. The summed E-state index contributed by atoms with van der Waals surface area (Å²) in [5, 5.41) is 12.5. The van der Waals surface area contributed by atoms with Crippen LogP contribution >= 0.6 is 0 Å². The standard InChI is InChI=1S/C9H19NO/c1-8-5-3-4-6-9(8,7-11)10-2/h8,10-11H,3-7H2,1-2H3. The number of aliphatic hydroxyl groups is 1. The summed E-state index contributed by atoms with van der Waals surface area (Å²) >= 11 is 0. The molecule has 2 heteroatoms. The fourth-order valence-corrected chi connectivity index (χ4v) is 2.10. The van der Waals surface area contributed by atoms with Crippen molar-refractivity contribution in [3.8, 4) is 0 Å². The van der Waals surface area contributed by atoms with Crippen molar-refractivity contribution < 1.29 is 5.11 Å². The normalized spacial score (nSPS) is 39.0. The van der Waals surface area contributed by atoms with Crippen LogP contribution in [-0.4, -0.2) is 24.3 Å². The van der Waals surface area contributed by atoms with Crippen molar-refractivity contribution in [3.63, 3.8) is 0 Å². The lowest BCUT2D eigenvalue weighted by atomic mass is 9.74. The maximum atomic E-state index is 9.25. The molecule has 0 aliphatic heterocycles. The van der Waals surface area contributed by atoms with Gasteiger partial charge in [-0.2, -0.15) is 0 Å². The van der Waals surface area contributed by atoms with E-state index in [2.05, 4.69) is 12.2 Å². The van der Waals surface area contributed by atoms with Gasteiger partial charge in [0.15, 0.2) is 0 Å². The van der Waals surface area contributed by atoms with Crippen molar-refractivity contribution >= 4 is 0 Å². The summed E-state index contributed by atoms with van der Waals surface area (Å²) < 4.78 is 0. The van der Waals surface area contributed by atoms with Crippen molar-refractivity contribution in [1.82, 2.24) is 5.32 Å². The lowest BCUT2D eigenvalue weighted by Crippen LogP contribution is -2.53. The number of nitrogens with one attached hydrogen (secondary N) is 1. The van der Waals surface area contributed by atoms with E-state index in [0.29, 0.717) is 5.92 Å². The highest BCUT2D eigenvalue weighted by molar-refractivity contribution is 4.93. The summed E-state index contributed by atoms with van der Waals surface area (Å²) in [6, 6.07) is 0. The number of rotatable bonds is 2. The monoisotopic (exact) mass is 157 g/mol. The van der Waals surface area contributed by atoms with Gasteiger partial charge in [-0.3, -0.25) is 0 Å². The van der Waals surface area contributed by atoms with E-state index in [1.165, 1.54) is 19.3 Å². The first kappa shape index (κ1) is 9.01. The Labute approximate surface area is 69.0 Å². The van der Waals surface area contributed by atoms with E-state index < -0.39 is 0 Å². The van der Waals surface area contributed by atoms with Crippen LogP contribution in [0.2, 0.25) is 0 Å². The average molecular weight is 157 g/mol. The van der Waals surface area contributed by atoms with E-state index in [-0.39, 0.29) is 12.1 Å². The van der Waals surface area contributed by atoms with E-state index in [1.807, 2.05) is 7.05 Å². The Morgan fingerprint density at radius 1 is 1.55 bits per heavy atom. The second-order valence-corrected chi connectivity index (χ2v) is 3.71. The number of aliphatic hydroxyl groups excluding tert-OH is 1. The fourth-order valence-electron chi connectivity index (χ4n) is 2.10. The quantitative estimate of drug-likeness (QED) is 0.630. The molecule has 0 bridgehead atoms. The first-order chi connectivity index (χ1) is 5.25. The van der Waals surface area contributed by atoms with Crippen LogP contribution in [0.3, 0.4) is 0 Å². The van der Waals surface area contributed by atoms with E-state index in [1.54, 1.807) is 0 Å². The molecule has 0 saturated heterocycles. The molecule has 1 aliphatic rings. The molecule has 11 heavy (non-hydrogen) atoms. The van der Waals surface area contributed by atoms with Gasteiger partial charge < -0.3 is 10.4 Å². The van der Waals surface area contributed by atoms with Crippen LogP contribution in [0, 0.1) is 5.92 Å². The molecular formula is C9H19NO. The van der Waals surface area contributed by atoms with E-state index in [9.17, 15) is 5.11 Å². The Kier molecular flexibility index (Phi) is 2.90. The zero-order valence-corrected chi connectivity index (χ0v) is 7.56. The van der Waals surface area contributed by atoms with Gasteiger partial charge in [0.2, 0.25) is 0 Å². The number of likely N-dealkylation sites (N-methyl/N-ethyl adjacent to an activating group) is 1. The van der Waals surface area contributed by atoms with Crippen LogP contribution in [0.5, 0.6) is 0 Å². The summed E-state index contributed by atoms with van der Waals surface area (Å²) in [4.78, 5) is 0. The molecule has 0 amide bonds. The lowest BCUT2D eigenvalue weighted by Gasteiger charge is -2.41. The van der Waals surface area contributed by atoms with E-state index in [0.717, 1.165) is 6.42 Å². The minimum absolute atomic E-state index is 0.0260. The first-order valence-electron chi connectivity index (χ1n) is 4.55. The van der Waals surface area contributed by atoms with Crippen LogP contribution in [0.4, 0.5) is 0 Å². The molecule has 0 aromatic heterocycles. The molecule has 0 heterocycles. The highest BCUT2D eigenvalue weighted by Crippen LogP contribution is 2.32.